The minimum atomic E-state index is -0.596. The topological polar surface area (TPSA) is 93.6 Å². The van der Waals surface area contributed by atoms with Gasteiger partial charge in [-0.3, -0.25) is 14.9 Å². The minimum Gasteiger partial charge on any atom is -0.504 e. The summed E-state index contributed by atoms with van der Waals surface area (Å²) >= 11 is 0. The summed E-state index contributed by atoms with van der Waals surface area (Å²) in [5.41, 5.74) is -0.247. The lowest BCUT2D eigenvalue weighted by atomic mass is 10.2. The lowest BCUT2D eigenvalue weighted by Gasteiger charge is -1.94. The molecule has 0 aliphatic heterocycles. The fourth-order valence-corrected chi connectivity index (χ4v) is 1.43. The van der Waals surface area contributed by atoms with Gasteiger partial charge in [0.2, 0.25) is 0 Å². The number of nitrogens with zero attached hydrogens (tertiary/aromatic N) is 1. The van der Waals surface area contributed by atoms with Gasteiger partial charge in [-0.15, -0.1) is 0 Å². The van der Waals surface area contributed by atoms with Gasteiger partial charge in [0.1, 0.15) is 5.39 Å². The predicted octanol–water partition coefficient (Wildman–Crippen LogP) is 2.25. The zero-order valence-electron chi connectivity index (χ0n) is 8.26. The zero-order chi connectivity index (χ0) is 11.9. The molecule has 0 aliphatic rings. The standard InChI is InChI=1S/C10H7NO5/c1-5(12)9-4-6-7(11(14)15)2-3-8(13)10(6)16-9/h2-4,13H,1H3. The molecule has 0 aliphatic carbocycles. The highest BCUT2D eigenvalue weighted by molar-refractivity contribution is 6.00. The summed E-state index contributed by atoms with van der Waals surface area (Å²) in [5.74, 6) is -0.599. The Balaban J connectivity index is 2.82. The average molecular weight is 221 g/mol. The number of nitro benzene ring substituents is 1. The van der Waals surface area contributed by atoms with Crippen molar-refractivity contribution < 1.29 is 19.2 Å². The molecule has 82 valence electrons. The van der Waals surface area contributed by atoms with Crippen LogP contribution in [0.2, 0.25) is 0 Å². The molecule has 1 N–H and O–H groups in total. The van der Waals surface area contributed by atoms with Crippen LogP contribution in [-0.2, 0) is 0 Å². The molecule has 0 bridgehead atoms. The van der Waals surface area contributed by atoms with Gasteiger partial charge >= 0.3 is 0 Å². The molecule has 0 saturated heterocycles. The molecule has 0 amide bonds. The first-order valence-corrected chi connectivity index (χ1v) is 4.41. The second-order valence-electron chi connectivity index (χ2n) is 3.27. The summed E-state index contributed by atoms with van der Waals surface area (Å²) in [7, 11) is 0. The third-order valence-corrected chi connectivity index (χ3v) is 2.18. The van der Waals surface area contributed by atoms with Crippen molar-refractivity contribution in [2.75, 3.05) is 0 Å². The number of ketones is 1. The highest BCUT2D eigenvalue weighted by Crippen LogP contribution is 2.34. The van der Waals surface area contributed by atoms with Crippen molar-refractivity contribution in [3.05, 3.63) is 34.1 Å². The molecule has 0 atom stereocenters. The van der Waals surface area contributed by atoms with Crippen molar-refractivity contribution in [2.24, 2.45) is 0 Å². The number of nitro groups is 1. The summed E-state index contributed by atoms with van der Waals surface area (Å²) in [6.45, 7) is 1.28. The monoisotopic (exact) mass is 221 g/mol. The number of carbonyl (C=O) groups excluding carboxylic acids is 1. The van der Waals surface area contributed by atoms with Gasteiger partial charge in [0.25, 0.3) is 5.69 Å². The van der Waals surface area contributed by atoms with Crippen LogP contribution >= 0.6 is 0 Å². The number of non-ortho nitro benzene ring substituents is 1. The van der Waals surface area contributed by atoms with Crippen molar-refractivity contribution in [3.63, 3.8) is 0 Å². The van der Waals surface area contributed by atoms with Crippen molar-refractivity contribution >= 4 is 22.4 Å². The third-order valence-electron chi connectivity index (χ3n) is 2.18. The van der Waals surface area contributed by atoms with E-state index in [0.29, 0.717) is 0 Å². The van der Waals surface area contributed by atoms with E-state index in [0.717, 1.165) is 12.1 Å². The maximum atomic E-state index is 11.1. The van der Waals surface area contributed by atoms with Crippen LogP contribution in [0.1, 0.15) is 17.5 Å². The van der Waals surface area contributed by atoms with E-state index in [1.165, 1.54) is 13.0 Å². The van der Waals surface area contributed by atoms with Crippen molar-refractivity contribution in [1.29, 1.82) is 0 Å². The number of fused-ring (bicyclic) bond motifs is 1. The fraction of sp³-hybridized carbons (Fsp3) is 0.100. The Morgan fingerprint density at radius 2 is 2.19 bits per heavy atom. The molecule has 0 spiro atoms. The Morgan fingerprint density at radius 3 is 2.75 bits per heavy atom. The van der Waals surface area contributed by atoms with E-state index in [4.69, 9.17) is 4.42 Å². The van der Waals surface area contributed by atoms with Crippen LogP contribution in [0.5, 0.6) is 5.75 Å². The van der Waals surface area contributed by atoms with Crippen LogP contribution in [0.4, 0.5) is 5.69 Å². The van der Waals surface area contributed by atoms with E-state index in [9.17, 15) is 20.0 Å². The molecule has 0 radical (unpaired) electrons. The summed E-state index contributed by atoms with van der Waals surface area (Å²) in [5, 5.41) is 20.3. The number of hydrogen-bond acceptors (Lipinski definition) is 5. The van der Waals surface area contributed by atoms with Crippen LogP contribution in [-0.4, -0.2) is 15.8 Å². The molecule has 0 fully saturated rings. The van der Waals surface area contributed by atoms with E-state index >= 15 is 0 Å². The normalized spacial score (nSPS) is 10.6. The first-order valence-electron chi connectivity index (χ1n) is 4.41. The minimum absolute atomic E-state index is 0.0143. The maximum Gasteiger partial charge on any atom is 0.280 e. The second-order valence-corrected chi connectivity index (χ2v) is 3.27. The number of aromatic hydroxyl groups is 1. The largest absolute Gasteiger partial charge is 0.504 e. The van der Waals surface area contributed by atoms with Crippen molar-refractivity contribution in [2.45, 2.75) is 6.92 Å². The van der Waals surface area contributed by atoms with Crippen molar-refractivity contribution in [3.8, 4) is 5.75 Å². The summed E-state index contributed by atoms with van der Waals surface area (Å²) < 4.78 is 5.05. The number of phenols is 1. The molecule has 1 aromatic carbocycles. The molecule has 0 unspecified atom stereocenters. The number of Topliss-reactive ketones (excluding diaryl/α,β-unsaturated/α-hetero) is 1. The Morgan fingerprint density at radius 1 is 1.50 bits per heavy atom. The Kier molecular flexibility index (Phi) is 2.12. The number of furan rings is 1. The molecule has 1 aromatic heterocycles. The number of benzene rings is 1. The number of hydrogen-bond donors (Lipinski definition) is 1. The highest BCUT2D eigenvalue weighted by atomic mass is 16.6. The molecular weight excluding hydrogens is 214 g/mol. The molecular formula is C10H7NO5. The smallest absolute Gasteiger partial charge is 0.280 e. The number of rotatable bonds is 2. The second kappa shape index (κ2) is 3.34. The van der Waals surface area contributed by atoms with E-state index in [1.807, 2.05) is 0 Å². The summed E-state index contributed by atoms with van der Waals surface area (Å²) in [6, 6.07) is 3.58. The van der Waals surface area contributed by atoms with Gasteiger partial charge in [0.05, 0.1) is 4.92 Å². The van der Waals surface area contributed by atoms with Gasteiger partial charge in [-0.2, -0.15) is 0 Å². The van der Waals surface area contributed by atoms with Crippen LogP contribution in [0.25, 0.3) is 11.0 Å². The molecule has 16 heavy (non-hydrogen) atoms. The number of carbonyl (C=O) groups is 1. The Labute approximate surface area is 89.2 Å². The molecule has 2 aromatic rings. The zero-order valence-corrected chi connectivity index (χ0v) is 8.26. The van der Waals surface area contributed by atoms with E-state index < -0.39 is 4.92 Å². The first-order chi connectivity index (χ1) is 7.50. The lowest BCUT2D eigenvalue weighted by Crippen LogP contribution is -1.88. The highest BCUT2D eigenvalue weighted by Gasteiger charge is 2.20. The van der Waals surface area contributed by atoms with Gasteiger partial charge in [0.15, 0.2) is 22.9 Å². The van der Waals surface area contributed by atoms with Crippen LogP contribution in [0.3, 0.4) is 0 Å². The van der Waals surface area contributed by atoms with Crippen LogP contribution < -0.4 is 0 Å². The lowest BCUT2D eigenvalue weighted by molar-refractivity contribution is -0.383. The van der Waals surface area contributed by atoms with Gasteiger partial charge in [-0.1, -0.05) is 0 Å². The van der Waals surface area contributed by atoms with Crippen molar-refractivity contribution in [1.82, 2.24) is 0 Å². The number of phenolic OH excluding ortho intramolecular Hbond substituents is 1. The molecule has 1 heterocycles. The van der Waals surface area contributed by atoms with Crippen LogP contribution in [0, 0.1) is 10.1 Å². The van der Waals surface area contributed by atoms with E-state index in [2.05, 4.69) is 0 Å². The SMILES string of the molecule is CC(=O)c1cc2c([N+](=O)[O-])ccc(O)c2o1. The molecule has 0 saturated carbocycles. The predicted molar refractivity (Wildman–Crippen MR) is 54.5 cm³/mol. The summed E-state index contributed by atoms with van der Waals surface area (Å²) in [6.07, 6.45) is 0. The first kappa shape index (κ1) is 10.2. The summed E-state index contributed by atoms with van der Waals surface area (Å²) in [4.78, 5) is 21.2. The van der Waals surface area contributed by atoms with Crippen LogP contribution in [0.15, 0.2) is 22.6 Å². The molecule has 6 heteroatoms. The fourth-order valence-electron chi connectivity index (χ4n) is 1.43. The quantitative estimate of drug-likeness (QED) is 0.476. The Bertz CT molecular complexity index is 599. The van der Waals surface area contributed by atoms with Gasteiger partial charge in [-0.25, -0.2) is 0 Å². The van der Waals surface area contributed by atoms with E-state index in [-0.39, 0.29) is 33.9 Å². The maximum absolute atomic E-state index is 11.1. The third kappa shape index (κ3) is 1.40. The van der Waals surface area contributed by atoms with Gasteiger partial charge in [0, 0.05) is 19.1 Å². The van der Waals surface area contributed by atoms with E-state index in [1.54, 1.807) is 0 Å². The van der Waals surface area contributed by atoms with Gasteiger partial charge in [-0.05, 0) is 6.07 Å². The Hall–Kier alpha value is -2.37. The average Bonchev–Trinajstić information content (AvgIpc) is 2.62. The molecule has 2 rings (SSSR count). The molecule has 6 nitrogen and oxygen atoms in total. The van der Waals surface area contributed by atoms with Gasteiger partial charge < -0.3 is 9.52 Å².